The molecule has 7 N–H and O–H groups in total. The monoisotopic (exact) mass is 576 g/mol. The Morgan fingerprint density at radius 2 is 1.62 bits per heavy atom. The van der Waals surface area contributed by atoms with Crippen LogP contribution in [0.3, 0.4) is 0 Å². The number of hydrogen-bond donors (Lipinski definition) is 5. The maximum absolute atomic E-state index is 13.1. The van der Waals surface area contributed by atoms with Gasteiger partial charge in [-0.25, -0.2) is 4.79 Å². The van der Waals surface area contributed by atoms with E-state index in [2.05, 4.69) is 20.8 Å². The van der Waals surface area contributed by atoms with Gasteiger partial charge < -0.3 is 31.5 Å². The average Bonchev–Trinajstić information content (AvgIpc) is 3.20. The number of esters is 1. The molecule has 8 heteroatoms. The fraction of sp³-hybridized carbons (Fsp3) is 0.588. The van der Waals surface area contributed by atoms with E-state index in [1.165, 1.54) is 6.92 Å². The van der Waals surface area contributed by atoms with E-state index in [1.54, 1.807) is 0 Å². The molecule has 4 aliphatic rings. The number of carbonyl (C=O) groups is 2. The van der Waals surface area contributed by atoms with Crippen molar-refractivity contribution < 1.29 is 29.6 Å². The molecule has 6 rings (SSSR count). The van der Waals surface area contributed by atoms with Crippen LogP contribution in [0, 0.1) is 28.1 Å². The highest BCUT2D eigenvalue weighted by atomic mass is 16.5. The van der Waals surface area contributed by atoms with Crippen molar-refractivity contribution in [2.75, 3.05) is 0 Å². The summed E-state index contributed by atoms with van der Waals surface area (Å²) in [6.45, 7) is 7.88. The van der Waals surface area contributed by atoms with Crippen LogP contribution < -0.4 is 11.5 Å². The summed E-state index contributed by atoms with van der Waals surface area (Å²) in [5.41, 5.74) is 12.7. The highest BCUT2D eigenvalue weighted by molar-refractivity contribution is 6.17. The number of hydrogen-bond acceptors (Lipinski definition) is 7. The molecule has 0 spiro atoms. The SMILES string of the molecule is CC(=O)O[C@H]1C[C@@]2(C)[C@@H](C[C@@H](O)[C@@H]3[C@]2(C)CC[C@@]2(N)[C@H](N)[C@H](O)CC[C@]32C)/C1=C(/C(=O)O)c1ccc2ccccc2c1. The van der Waals surface area contributed by atoms with E-state index in [0.29, 0.717) is 49.7 Å². The molecule has 4 saturated carbocycles. The maximum atomic E-state index is 13.1. The summed E-state index contributed by atoms with van der Waals surface area (Å²) in [5, 5.41) is 35.4. The van der Waals surface area contributed by atoms with E-state index >= 15 is 0 Å². The highest BCUT2D eigenvalue weighted by Gasteiger charge is 2.73. The van der Waals surface area contributed by atoms with Gasteiger partial charge in [-0.1, -0.05) is 57.2 Å². The summed E-state index contributed by atoms with van der Waals surface area (Å²) in [6, 6.07) is 12.8. The van der Waals surface area contributed by atoms with Crippen LogP contribution in [0.5, 0.6) is 0 Å². The number of carboxylic acid groups (broad SMARTS) is 1. The van der Waals surface area contributed by atoms with Crippen molar-refractivity contribution in [3.63, 3.8) is 0 Å². The van der Waals surface area contributed by atoms with Crippen molar-refractivity contribution in [3.8, 4) is 0 Å². The summed E-state index contributed by atoms with van der Waals surface area (Å²) in [6.07, 6.45) is 0.991. The minimum Gasteiger partial charge on any atom is -0.478 e. The van der Waals surface area contributed by atoms with E-state index < -0.39 is 58.1 Å². The van der Waals surface area contributed by atoms with Crippen LogP contribution in [0.4, 0.5) is 0 Å². The molecular weight excluding hydrogens is 532 g/mol. The first kappa shape index (κ1) is 29.3. The molecule has 0 heterocycles. The molecule has 8 nitrogen and oxygen atoms in total. The van der Waals surface area contributed by atoms with Crippen LogP contribution in [-0.2, 0) is 14.3 Å². The molecule has 0 aliphatic heterocycles. The molecule has 226 valence electrons. The van der Waals surface area contributed by atoms with Gasteiger partial charge in [-0.15, -0.1) is 0 Å². The Morgan fingerprint density at radius 3 is 2.29 bits per heavy atom. The zero-order valence-electron chi connectivity index (χ0n) is 25.0. The van der Waals surface area contributed by atoms with E-state index in [4.69, 9.17) is 16.2 Å². The zero-order valence-corrected chi connectivity index (χ0v) is 25.0. The van der Waals surface area contributed by atoms with E-state index in [1.807, 2.05) is 42.5 Å². The number of ether oxygens (including phenoxy) is 1. The van der Waals surface area contributed by atoms with Crippen LogP contribution in [0.15, 0.2) is 48.0 Å². The van der Waals surface area contributed by atoms with Crippen molar-refractivity contribution in [1.82, 2.24) is 0 Å². The average molecular weight is 577 g/mol. The molecule has 0 bridgehead atoms. The molecule has 2 aromatic rings. The van der Waals surface area contributed by atoms with E-state index in [9.17, 15) is 24.9 Å². The van der Waals surface area contributed by atoms with Gasteiger partial charge in [0.2, 0.25) is 0 Å². The Kier molecular flexibility index (Phi) is 6.71. The van der Waals surface area contributed by atoms with Gasteiger partial charge in [-0.2, -0.15) is 0 Å². The predicted molar refractivity (Wildman–Crippen MR) is 160 cm³/mol. The van der Waals surface area contributed by atoms with Crippen LogP contribution in [-0.4, -0.2) is 57.2 Å². The molecule has 42 heavy (non-hydrogen) atoms. The first-order chi connectivity index (χ1) is 19.7. The smallest absolute Gasteiger partial charge is 0.336 e. The fourth-order valence-electron chi connectivity index (χ4n) is 10.3. The third-order valence-electron chi connectivity index (χ3n) is 12.6. The Balaban J connectivity index is 1.53. The predicted octanol–water partition coefficient (Wildman–Crippen LogP) is 4.00. The summed E-state index contributed by atoms with van der Waals surface area (Å²) < 4.78 is 5.94. The van der Waals surface area contributed by atoms with Gasteiger partial charge in [-0.3, -0.25) is 4.79 Å². The minimum atomic E-state index is -1.08. The third-order valence-corrected chi connectivity index (χ3v) is 12.6. The Bertz CT molecular complexity index is 1490. The number of rotatable bonds is 3. The lowest BCUT2D eigenvalue weighted by atomic mass is 9.35. The van der Waals surface area contributed by atoms with Crippen molar-refractivity contribution in [3.05, 3.63) is 53.6 Å². The zero-order chi connectivity index (χ0) is 30.4. The lowest BCUT2D eigenvalue weighted by molar-refractivity contribution is -0.234. The second kappa shape index (κ2) is 9.61. The molecule has 10 atom stereocenters. The minimum absolute atomic E-state index is 0.146. The normalized spacial score (nSPS) is 44.1. The third kappa shape index (κ3) is 3.81. The highest BCUT2D eigenvalue weighted by Crippen LogP contribution is 2.74. The molecule has 4 fully saturated rings. The molecule has 0 aromatic heterocycles. The van der Waals surface area contributed by atoms with Gasteiger partial charge in [0.15, 0.2) is 0 Å². The van der Waals surface area contributed by atoms with Crippen molar-refractivity contribution in [1.29, 1.82) is 0 Å². The summed E-state index contributed by atoms with van der Waals surface area (Å²) in [5.74, 6) is -2.09. The number of nitrogens with two attached hydrogens (primary N) is 2. The number of carbonyl (C=O) groups excluding carboxylic acids is 1. The van der Waals surface area contributed by atoms with E-state index in [0.717, 1.165) is 10.8 Å². The quantitative estimate of drug-likeness (QED) is 0.271. The molecule has 0 amide bonds. The standard InChI is InChI=1S/C34H44N2O6/c1-18(37)42-25-17-33(4)22(27(25)26(30(40)41)21-10-9-19-7-5-6-8-20(19)15-21)16-24(39)28-31(33,2)13-14-34(36)29(35)23(38)11-12-32(28,34)3/h5-10,15,22-25,28-29,38-39H,11-14,16-17,35-36H2,1-4H3,(H,40,41)/b27-26-/t22-,23+,24+,25-,28+,29+,31-,32+,33-,34+/m0/s1. The number of aliphatic hydroxyl groups excluding tert-OH is 2. The van der Waals surface area contributed by atoms with Gasteiger partial charge in [-0.05, 0) is 94.6 Å². The molecule has 2 aromatic carbocycles. The molecule has 0 radical (unpaired) electrons. The van der Waals surface area contributed by atoms with Gasteiger partial charge in [0.25, 0.3) is 0 Å². The number of aliphatic hydroxyl groups is 2. The van der Waals surface area contributed by atoms with Crippen LogP contribution in [0.25, 0.3) is 16.3 Å². The number of benzene rings is 2. The second-order valence-electron chi connectivity index (χ2n) is 14.3. The lowest BCUT2D eigenvalue weighted by Crippen LogP contribution is -2.78. The number of carboxylic acids is 1. The maximum Gasteiger partial charge on any atom is 0.336 e. The molecule has 4 aliphatic carbocycles. The molecular formula is C34H44N2O6. The number of fused-ring (bicyclic) bond motifs is 6. The lowest BCUT2D eigenvalue weighted by Gasteiger charge is -2.71. The van der Waals surface area contributed by atoms with Gasteiger partial charge in [0.05, 0.1) is 17.8 Å². The van der Waals surface area contributed by atoms with Crippen LogP contribution >= 0.6 is 0 Å². The number of aliphatic carboxylic acids is 1. The second-order valence-corrected chi connectivity index (χ2v) is 14.3. The molecule has 0 saturated heterocycles. The van der Waals surface area contributed by atoms with Gasteiger partial charge >= 0.3 is 11.9 Å². The van der Waals surface area contributed by atoms with Crippen molar-refractivity contribution in [2.24, 2.45) is 39.5 Å². The summed E-state index contributed by atoms with van der Waals surface area (Å²) >= 11 is 0. The fourth-order valence-corrected chi connectivity index (χ4v) is 10.3. The van der Waals surface area contributed by atoms with Crippen LogP contribution in [0.2, 0.25) is 0 Å². The van der Waals surface area contributed by atoms with Crippen LogP contribution in [0.1, 0.15) is 71.8 Å². The Hall–Kier alpha value is -2.78. The first-order valence-electron chi connectivity index (χ1n) is 15.2. The Morgan fingerprint density at radius 1 is 0.929 bits per heavy atom. The van der Waals surface area contributed by atoms with Gasteiger partial charge in [0.1, 0.15) is 6.10 Å². The molecule has 0 unspecified atom stereocenters. The summed E-state index contributed by atoms with van der Waals surface area (Å²) in [7, 11) is 0. The summed E-state index contributed by atoms with van der Waals surface area (Å²) in [4.78, 5) is 25.5. The first-order valence-corrected chi connectivity index (χ1v) is 15.2. The van der Waals surface area contributed by atoms with Gasteiger partial charge in [0, 0.05) is 18.5 Å². The van der Waals surface area contributed by atoms with Crippen molar-refractivity contribution in [2.45, 2.75) is 96.1 Å². The largest absolute Gasteiger partial charge is 0.478 e. The topological polar surface area (TPSA) is 156 Å². The Labute approximate surface area is 247 Å². The van der Waals surface area contributed by atoms with E-state index in [-0.39, 0.29) is 17.4 Å². The van der Waals surface area contributed by atoms with Crippen molar-refractivity contribution >= 4 is 28.3 Å².